The van der Waals surface area contributed by atoms with Crippen LogP contribution in [0.25, 0.3) is 10.9 Å². The lowest BCUT2D eigenvalue weighted by Gasteiger charge is -2.30. The van der Waals surface area contributed by atoms with Gasteiger partial charge < -0.3 is 16.4 Å². The molecule has 0 unspecified atom stereocenters. The zero-order chi connectivity index (χ0) is 16.4. The molecule has 122 valence electrons. The lowest BCUT2D eigenvalue weighted by Crippen LogP contribution is -2.46. The van der Waals surface area contributed by atoms with Crippen LogP contribution in [0.5, 0.6) is 0 Å². The van der Waals surface area contributed by atoms with E-state index in [-0.39, 0.29) is 11.6 Å². The molecule has 1 saturated heterocycles. The second-order valence-electron chi connectivity index (χ2n) is 5.80. The number of halogens is 2. The van der Waals surface area contributed by atoms with Gasteiger partial charge in [-0.05, 0) is 44.1 Å². The van der Waals surface area contributed by atoms with Gasteiger partial charge in [0.2, 0.25) is 0 Å². The normalized spacial score (nSPS) is 17.1. The topological polar surface area (TPSA) is 80.0 Å². The fourth-order valence-electron chi connectivity index (χ4n) is 2.80. The third-order valence-electron chi connectivity index (χ3n) is 4.19. The van der Waals surface area contributed by atoms with E-state index >= 15 is 0 Å². The van der Waals surface area contributed by atoms with Gasteiger partial charge in [0.1, 0.15) is 5.67 Å². The van der Waals surface area contributed by atoms with Crippen LogP contribution in [0.3, 0.4) is 0 Å². The Morgan fingerprint density at radius 3 is 2.96 bits per heavy atom. The van der Waals surface area contributed by atoms with Crippen LogP contribution in [0.15, 0.2) is 24.4 Å². The van der Waals surface area contributed by atoms with Gasteiger partial charge in [0.25, 0.3) is 5.91 Å². The van der Waals surface area contributed by atoms with Gasteiger partial charge in [0, 0.05) is 11.6 Å². The number of pyridine rings is 1. The number of rotatable bonds is 3. The van der Waals surface area contributed by atoms with Crippen molar-refractivity contribution in [3.05, 3.63) is 35.0 Å². The first-order valence-electron chi connectivity index (χ1n) is 7.51. The summed E-state index contributed by atoms with van der Waals surface area (Å²) >= 11 is 6.10. The van der Waals surface area contributed by atoms with E-state index in [9.17, 15) is 9.18 Å². The van der Waals surface area contributed by atoms with E-state index in [1.54, 1.807) is 18.3 Å². The minimum atomic E-state index is -1.37. The average Bonchev–Trinajstić information content (AvgIpc) is 2.57. The molecule has 1 aliphatic heterocycles. The summed E-state index contributed by atoms with van der Waals surface area (Å²) in [6.07, 6.45) is 2.35. The van der Waals surface area contributed by atoms with Crippen molar-refractivity contribution in [3.63, 3.8) is 0 Å². The average molecular weight is 337 g/mol. The Balaban J connectivity index is 1.85. The van der Waals surface area contributed by atoms with Crippen LogP contribution in [0, 0.1) is 0 Å². The molecule has 0 bridgehead atoms. The van der Waals surface area contributed by atoms with Gasteiger partial charge in [-0.25, -0.2) is 4.39 Å². The number of nitrogens with two attached hydrogens (primary N) is 1. The number of carbonyl (C=O) groups excluding carboxylic acids is 1. The first-order valence-corrected chi connectivity index (χ1v) is 7.88. The number of aromatic nitrogens is 1. The number of nitrogens with one attached hydrogen (secondary N) is 2. The summed E-state index contributed by atoms with van der Waals surface area (Å²) in [5, 5.41) is 6.67. The summed E-state index contributed by atoms with van der Waals surface area (Å²) in [6.45, 7) is 1.21. The van der Waals surface area contributed by atoms with Gasteiger partial charge in [-0.1, -0.05) is 11.6 Å². The Labute approximate surface area is 138 Å². The molecule has 0 saturated carbocycles. The van der Waals surface area contributed by atoms with Crippen LogP contribution >= 0.6 is 11.6 Å². The number of carbonyl (C=O) groups is 1. The van der Waals surface area contributed by atoms with Crippen LogP contribution in [0.4, 0.5) is 10.1 Å². The molecule has 0 spiro atoms. The van der Waals surface area contributed by atoms with E-state index in [4.69, 9.17) is 17.3 Å². The van der Waals surface area contributed by atoms with Crippen molar-refractivity contribution < 1.29 is 9.18 Å². The Kier molecular flexibility index (Phi) is 4.37. The molecule has 1 aromatic heterocycles. The number of piperidine rings is 1. The molecule has 1 aromatic carbocycles. The highest BCUT2D eigenvalue weighted by atomic mass is 35.5. The highest BCUT2D eigenvalue weighted by Crippen LogP contribution is 2.30. The number of nitrogen functional groups attached to an aromatic ring is 1. The van der Waals surface area contributed by atoms with Crippen LogP contribution < -0.4 is 16.4 Å². The molecule has 0 radical (unpaired) electrons. The van der Waals surface area contributed by atoms with Crippen molar-refractivity contribution in [2.24, 2.45) is 0 Å². The quantitative estimate of drug-likeness (QED) is 0.751. The van der Waals surface area contributed by atoms with Crippen LogP contribution in [0.2, 0.25) is 5.02 Å². The number of nitrogens with zero attached hydrogens (tertiary/aromatic N) is 1. The van der Waals surface area contributed by atoms with Gasteiger partial charge in [-0.3, -0.25) is 9.78 Å². The predicted octanol–water partition coefficient (Wildman–Crippen LogP) is 2.29. The molecule has 1 aliphatic rings. The van der Waals surface area contributed by atoms with E-state index in [0.29, 0.717) is 48.1 Å². The monoisotopic (exact) mass is 336 g/mol. The van der Waals surface area contributed by atoms with Gasteiger partial charge in [-0.2, -0.15) is 0 Å². The fraction of sp³-hybridized carbons (Fsp3) is 0.375. The van der Waals surface area contributed by atoms with Gasteiger partial charge in [-0.15, -0.1) is 0 Å². The van der Waals surface area contributed by atoms with E-state index in [1.807, 2.05) is 0 Å². The van der Waals surface area contributed by atoms with Crippen LogP contribution in [-0.2, 0) is 0 Å². The maximum Gasteiger partial charge on any atom is 0.253 e. The van der Waals surface area contributed by atoms with Crippen molar-refractivity contribution >= 4 is 34.1 Å². The lowest BCUT2D eigenvalue weighted by atomic mass is 9.94. The smallest absolute Gasteiger partial charge is 0.253 e. The summed E-state index contributed by atoms with van der Waals surface area (Å²) in [4.78, 5) is 16.7. The van der Waals surface area contributed by atoms with Crippen molar-refractivity contribution in [2.75, 3.05) is 25.4 Å². The molecule has 1 amide bonds. The number of alkyl halides is 1. The van der Waals surface area contributed by atoms with E-state index in [1.165, 1.54) is 6.07 Å². The first-order chi connectivity index (χ1) is 11.0. The third kappa shape index (κ3) is 3.23. The summed E-state index contributed by atoms with van der Waals surface area (Å²) in [5.74, 6) is -0.397. The SMILES string of the molecule is Nc1c(Cl)cc(C(=O)NCC2(F)CCNCC2)c2ncccc12. The first kappa shape index (κ1) is 16.0. The van der Waals surface area contributed by atoms with Crippen molar-refractivity contribution in [1.29, 1.82) is 0 Å². The maximum absolute atomic E-state index is 14.6. The minimum absolute atomic E-state index is 0.0240. The summed E-state index contributed by atoms with van der Waals surface area (Å²) < 4.78 is 14.6. The number of amides is 1. The predicted molar refractivity (Wildman–Crippen MR) is 89.4 cm³/mol. The molecule has 0 atom stereocenters. The van der Waals surface area contributed by atoms with Gasteiger partial charge in [0.15, 0.2) is 0 Å². The highest BCUT2D eigenvalue weighted by Gasteiger charge is 2.32. The second kappa shape index (κ2) is 6.29. The molecule has 1 fully saturated rings. The Hall–Kier alpha value is -1.92. The zero-order valence-corrected chi connectivity index (χ0v) is 13.3. The lowest BCUT2D eigenvalue weighted by molar-refractivity contribution is 0.0838. The van der Waals surface area contributed by atoms with E-state index in [0.717, 1.165) is 0 Å². The zero-order valence-electron chi connectivity index (χ0n) is 12.5. The Morgan fingerprint density at radius 2 is 2.22 bits per heavy atom. The highest BCUT2D eigenvalue weighted by molar-refractivity contribution is 6.35. The third-order valence-corrected chi connectivity index (χ3v) is 4.50. The van der Waals surface area contributed by atoms with Crippen molar-refractivity contribution in [1.82, 2.24) is 15.6 Å². The van der Waals surface area contributed by atoms with E-state index in [2.05, 4.69) is 15.6 Å². The van der Waals surface area contributed by atoms with Crippen molar-refractivity contribution in [2.45, 2.75) is 18.5 Å². The molecular weight excluding hydrogens is 319 g/mol. The minimum Gasteiger partial charge on any atom is -0.397 e. The number of benzene rings is 1. The molecule has 4 N–H and O–H groups in total. The largest absolute Gasteiger partial charge is 0.397 e. The standard InChI is InChI=1S/C16H18ClFN4O/c17-12-8-11(14-10(13(12)19)2-1-5-21-14)15(23)22-9-16(18)3-6-20-7-4-16/h1-2,5,8,20H,3-4,6-7,9,19H2,(H,22,23). The number of anilines is 1. The number of hydrogen-bond acceptors (Lipinski definition) is 4. The van der Waals surface area contributed by atoms with E-state index < -0.39 is 11.6 Å². The summed E-state index contributed by atoms with van der Waals surface area (Å²) in [6, 6.07) is 4.96. The Morgan fingerprint density at radius 1 is 1.48 bits per heavy atom. The molecule has 5 nitrogen and oxygen atoms in total. The Bertz CT molecular complexity index is 746. The molecule has 7 heteroatoms. The summed E-state index contributed by atoms with van der Waals surface area (Å²) in [5.41, 5.74) is 5.70. The maximum atomic E-state index is 14.6. The fourth-order valence-corrected chi connectivity index (χ4v) is 3.01. The number of fused-ring (bicyclic) bond motifs is 1. The van der Waals surface area contributed by atoms with Gasteiger partial charge in [0.05, 0.1) is 28.3 Å². The van der Waals surface area contributed by atoms with Gasteiger partial charge >= 0.3 is 0 Å². The van der Waals surface area contributed by atoms with Crippen molar-refractivity contribution in [3.8, 4) is 0 Å². The molecular formula is C16H18ClFN4O. The van der Waals surface area contributed by atoms with Crippen LogP contribution in [0.1, 0.15) is 23.2 Å². The number of hydrogen-bond donors (Lipinski definition) is 3. The molecule has 2 heterocycles. The second-order valence-corrected chi connectivity index (χ2v) is 6.21. The molecule has 23 heavy (non-hydrogen) atoms. The molecule has 3 rings (SSSR count). The molecule has 2 aromatic rings. The molecule has 0 aliphatic carbocycles. The summed E-state index contributed by atoms with van der Waals surface area (Å²) in [7, 11) is 0. The van der Waals surface area contributed by atoms with Crippen LogP contribution in [-0.4, -0.2) is 36.2 Å².